The van der Waals surface area contributed by atoms with Crippen LogP contribution in [0.4, 0.5) is 0 Å². The summed E-state index contributed by atoms with van der Waals surface area (Å²) in [6, 6.07) is 10.1. The second-order valence-corrected chi connectivity index (χ2v) is 10.4. The Bertz CT molecular complexity index is 1320. The van der Waals surface area contributed by atoms with Crippen molar-refractivity contribution in [2.24, 2.45) is 5.73 Å². The first-order valence-corrected chi connectivity index (χ1v) is 12.7. The Kier molecular flexibility index (Phi) is 7.46. The van der Waals surface area contributed by atoms with Gasteiger partial charge in [-0.05, 0) is 37.1 Å². The zero-order valence-corrected chi connectivity index (χ0v) is 19.8. The molecule has 0 bridgehead atoms. The zero-order chi connectivity index (χ0) is 24.3. The molecule has 1 heterocycles. The molecule has 0 aliphatic carbocycles. The standard InChI is InChI=1S/C23H25ClN2O6S/c1-13(32-19(27)7-4-10-25)16-5-3-6-17-20(22(23(28)29)26-21(16)17)14-8-9-15(18(24)11-14)12-33(2,30)31/h3,5-6,8-9,11,13,26H,4,7,10,12,25H2,1-2H3,(H,28,29)/t13-/m0/s1. The monoisotopic (exact) mass is 492 g/mol. The first kappa shape index (κ1) is 24.8. The largest absolute Gasteiger partial charge is 0.477 e. The average Bonchev–Trinajstić information content (AvgIpc) is 3.12. The molecule has 33 heavy (non-hydrogen) atoms. The first-order valence-electron chi connectivity index (χ1n) is 10.3. The number of nitrogens with two attached hydrogens (primary N) is 1. The van der Waals surface area contributed by atoms with E-state index in [2.05, 4.69) is 4.98 Å². The number of ether oxygens (including phenoxy) is 1. The van der Waals surface area contributed by atoms with Gasteiger partial charge < -0.3 is 20.6 Å². The van der Waals surface area contributed by atoms with Crippen molar-refractivity contribution in [2.75, 3.05) is 12.8 Å². The number of carbonyl (C=O) groups is 2. The molecule has 0 fully saturated rings. The molecule has 4 N–H and O–H groups in total. The van der Waals surface area contributed by atoms with E-state index >= 15 is 0 Å². The number of aromatic amines is 1. The van der Waals surface area contributed by atoms with Crippen molar-refractivity contribution in [3.8, 4) is 11.1 Å². The Morgan fingerprint density at radius 2 is 1.97 bits per heavy atom. The SMILES string of the molecule is C[C@H](OC(=O)CCCN)c1cccc2c(-c3ccc(CS(C)(=O)=O)c(Cl)c3)c(C(=O)O)[nH]c12. The minimum absolute atomic E-state index is 0.0500. The highest BCUT2D eigenvalue weighted by atomic mass is 35.5. The minimum Gasteiger partial charge on any atom is -0.477 e. The van der Waals surface area contributed by atoms with Crippen LogP contribution in [0.2, 0.25) is 5.02 Å². The van der Waals surface area contributed by atoms with Crippen LogP contribution in [0.15, 0.2) is 36.4 Å². The number of esters is 1. The second-order valence-electron chi connectivity index (χ2n) is 7.85. The van der Waals surface area contributed by atoms with E-state index in [9.17, 15) is 23.1 Å². The highest BCUT2D eigenvalue weighted by Gasteiger charge is 2.23. The van der Waals surface area contributed by atoms with Gasteiger partial charge in [0.2, 0.25) is 0 Å². The van der Waals surface area contributed by atoms with E-state index in [0.29, 0.717) is 46.1 Å². The van der Waals surface area contributed by atoms with Gasteiger partial charge in [0.15, 0.2) is 9.84 Å². The summed E-state index contributed by atoms with van der Waals surface area (Å²) in [6.45, 7) is 2.10. The normalized spacial score (nSPS) is 12.6. The number of carboxylic acid groups (broad SMARTS) is 1. The lowest BCUT2D eigenvalue weighted by Gasteiger charge is -2.14. The van der Waals surface area contributed by atoms with Crippen LogP contribution in [0.3, 0.4) is 0 Å². The topological polar surface area (TPSA) is 140 Å². The third-order valence-electron chi connectivity index (χ3n) is 5.17. The molecular weight excluding hydrogens is 468 g/mol. The van der Waals surface area contributed by atoms with Crippen LogP contribution in [0.1, 0.15) is 47.5 Å². The van der Waals surface area contributed by atoms with E-state index in [1.165, 1.54) is 0 Å². The summed E-state index contributed by atoms with van der Waals surface area (Å²) >= 11 is 6.33. The molecule has 0 spiro atoms. The second kappa shape index (κ2) is 9.94. The van der Waals surface area contributed by atoms with Crippen LogP contribution in [-0.4, -0.2) is 43.2 Å². The molecule has 1 aromatic heterocycles. The van der Waals surface area contributed by atoms with E-state index in [1.54, 1.807) is 43.3 Å². The average molecular weight is 493 g/mol. The van der Waals surface area contributed by atoms with E-state index in [-0.39, 0.29) is 28.9 Å². The predicted octanol–water partition coefficient (Wildman–Crippen LogP) is 4.07. The Labute approximate surface area is 196 Å². The minimum atomic E-state index is -3.29. The summed E-state index contributed by atoms with van der Waals surface area (Å²) in [5.41, 5.74) is 7.90. The highest BCUT2D eigenvalue weighted by molar-refractivity contribution is 7.89. The van der Waals surface area contributed by atoms with Crippen LogP contribution in [-0.2, 0) is 25.1 Å². The van der Waals surface area contributed by atoms with Gasteiger partial charge in [0, 0.05) is 34.2 Å². The number of aromatic carboxylic acids is 1. The highest BCUT2D eigenvalue weighted by Crippen LogP contribution is 2.38. The molecule has 1 atom stereocenters. The maximum Gasteiger partial charge on any atom is 0.352 e. The lowest BCUT2D eigenvalue weighted by atomic mass is 9.98. The Hall–Kier alpha value is -2.88. The summed E-state index contributed by atoms with van der Waals surface area (Å²) in [5.74, 6) is -1.78. The number of nitrogens with one attached hydrogen (secondary N) is 1. The van der Waals surface area contributed by atoms with E-state index < -0.39 is 21.9 Å². The van der Waals surface area contributed by atoms with Crippen LogP contribution in [0, 0.1) is 0 Å². The number of aromatic nitrogens is 1. The molecule has 176 valence electrons. The fourth-order valence-electron chi connectivity index (χ4n) is 3.71. The van der Waals surface area contributed by atoms with Gasteiger partial charge in [-0.3, -0.25) is 4.79 Å². The molecule has 0 aliphatic heterocycles. The third kappa shape index (κ3) is 5.73. The number of benzene rings is 2. The Morgan fingerprint density at radius 3 is 2.58 bits per heavy atom. The summed E-state index contributed by atoms with van der Waals surface area (Å²) in [6.07, 6.45) is 1.21. The third-order valence-corrected chi connectivity index (χ3v) is 6.36. The molecule has 3 rings (SSSR count). The number of carbonyl (C=O) groups excluding carboxylic acids is 1. The molecule has 0 radical (unpaired) electrons. The lowest BCUT2D eigenvalue weighted by molar-refractivity contribution is -0.148. The number of carboxylic acids is 1. The Balaban J connectivity index is 2.09. The van der Waals surface area contributed by atoms with Gasteiger partial charge in [0.25, 0.3) is 0 Å². The van der Waals surface area contributed by atoms with E-state index in [0.717, 1.165) is 6.26 Å². The number of para-hydroxylation sites is 1. The number of halogens is 1. The van der Waals surface area contributed by atoms with Gasteiger partial charge in [-0.25, -0.2) is 13.2 Å². The zero-order valence-electron chi connectivity index (χ0n) is 18.2. The lowest BCUT2D eigenvalue weighted by Crippen LogP contribution is -2.11. The van der Waals surface area contributed by atoms with Crippen molar-refractivity contribution < 1.29 is 27.9 Å². The molecule has 3 aromatic rings. The number of sulfone groups is 1. The molecule has 8 nitrogen and oxygen atoms in total. The van der Waals surface area contributed by atoms with E-state index in [1.807, 2.05) is 0 Å². The number of hydrogen-bond acceptors (Lipinski definition) is 6. The number of H-pyrrole nitrogens is 1. The van der Waals surface area contributed by atoms with Crippen molar-refractivity contribution in [1.82, 2.24) is 4.98 Å². The molecule has 0 saturated heterocycles. The summed E-state index contributed by atoms with van der Waals surface area (Å²) in [4.78, 5) is 27.0. The molecule has 0 amide bonds. The van der Waals surface area contributed by atoms with Crippen molar-refractivity contribution in [3.63, 3.8) is 0 Å². The van der Waals surface area contributed by atoms with E-state index in [4.69, 9.17) is 22.1 Å². The molecule has 0 saturated carbocycles. The fourth-order valence-corrected chi connectivity index (χ4v) is 4.85. The summed E-state index contributed by atoms with van der Waals surface area (Å²) < 4.78 is 28.8. The van der Waals surface area contributed by atoms with Crippen LogP contribution in [0.5, 0.6) is 0 Å². The van der Waals surface area contributed by atoms with Gasteiger partial charge in [-0.2, -0.15) is 0 Å². The van der Waals surface area contributed by atoms with Crippen LogP contribution < -0.4 is 5.73 Å². The first-order chi connectivity index (χ1) is 15.5. The van der Waals surface area contributed by atoms with Gasteiger partial charge in [0.05, 0.1) is 11.3 Å². The molecule has 0 unspecified atom stereocenters. The predicted molar refractivity (Wildman–Crippen MR) is 127 cm³/mol. The summed E-state index contributed by atoms with van der Waals surface area (Å²) in [5, 5.41) is 10.7. The van der Waals surface area contributed by atoms with Crippen molar-refractivity contribution in [1.29, 1.82) is 0 Å². The van der Waals surface area contributed by atoms with Crippen LogP contribution in [0.25, 0.3) is 22.0 Å². The van der Waals surface area contributed by atoms with Gasteiger partial charge in [-0.15, -0.1) is 0 Å². The molecular formula is C23H25ClN2O6S. The van der Waals surface area contributed by atoms with Gasteiger partial charge >= 0.3 is 11.9 Å². The smallest absolute Gasteiger partial charge is 0.352 e. The van der Waals surface area contributed by atoms with Gasteiger partial charge in [0.1, 0.15) is 11.8 Å². The number of hydrogen-bond donors (Lipinski definition) is 3. The molecule has 2 aromatic carbocycles. The van der Waals surface area contributed by atoms with Crippen LogP contribution >= 0.6 is 11.6 Å². The van der Waals surface area contributed by atoms with Crippen molar-refractivity contribution in [3.05, 3.63) is 58.2 Å². The fraction of sp³-hybridized carbons (Fsp3) is 0.304. The molecule has 10 heteroatoms. The maximum absolute atomic E-state index is 12.1. The maximum atomic E-state index is 12.1. The van der Waals surface area contributed by atoms with Crippen molar-refractivity contribution >= 4 is 44.3 Å². The Morgan fingerprint density at radius 1 is 1.24 bits per heavy atom. The molecule has 0 aliphatic rings. The van der Waals surface area contributed by atoms with Crippen molar-refractivity contribution in [2.45, 2.75) is 31.6 Å². The number of fused-ring (bicyclic) bond motifs is 1. The summed E-state index contributed by atoms with van der Waals surface area (Å²) in [7, 11) is -3.29. The quantitative estimate of drug-likeness (QED) is 0.382. The number of rotatable bonds is 9. The van der Waals surface area contributed by atoms with Gasteiger partial charge in [-0.1, -0.05) is 41.9 Å².